The van der Waals surface area contributed by atoms with Crippen LogP contribution in [0.5, 0.6) is 5.75 Å². The largest absolute Gasteiger partial charge is 0.490 e. The SMILES string of the molecule is CC(C)CC(=O)N1CCC(Oc2ccc(C(=O)N3CC4CCC(CC4)C3)cc2)CC1. The number of likely N-dealkylation sites (tertiary alicyclic amines) is 1. The fraction of sp³-hybridized carbons (Fsp3) is 0.680. The van der Waals surface area contributed by atoms with Crippen molar-refractivity contribution in [3.63, 3.8) is 0 Å². The summed E-state index contributed by atoms with van der Waals surface area (Å²) < 4.78 is 6.15. The minimum Gasteiger partial charge on any atom is -0.490 e. The fourth-order valence-corrected chi connectivity index (χ4v) is 5.21. The van der Waals surface area contributed by atoms with Crippen molar-refractivity contribution >= 4 is 11.8 Å². The van der Waals surface area contributed by atoms with Gasteiger partial charge in [0.2, 0.25) is 5.91 Å². The number of fused-ring (bicyclic) bond motifs is 4. The van der Waals surface area contributed by atoms with E-state index in [-0.39, 0.29) is 17.9 Å². The Kier molecular flexibility index (Phi) is 6.64. The van der Waals surface area contributed by atoms with Crippen LogP contribution in [0.25, 0.3) is 0 Å². The van der Waals surface area contributed by atoms with Crippen LogP contribution in [0.4, 0.5) is 0 Å². The van der Waals surface area contributed by atoms with Gasteiger partial charge in [0.1, 0.15) is 11.9 Å². The van der Waals surface area contributed by atoms with Gasteiger partial charge < -0.3 is 14.5 Å². The Morgan fingerprint density at radius 2 is 1.47 bits per heavy atom. The quantitative estimate of drug-likeness (QED) is 0.722. The summed E-state index contributed by atoms with van der Waals surface area (Å²) in [5.41, 5.74) is 0.762. The van der Waals surface area contributed by atoms with Crippen molar-refractivity contribution in [1.82, 2.24) is 9.80 Å². The first-order valence-electron chi connectivity index (χ1n) is 11.8. The molecule has 0 N–H and O–H groups in total. The molecule has 0 unspecified atom stereocenters. The number of piperidine rings is 1. The van der Waals surface area contributed by atoms with Crippen molar-refractivity contribution in [1.29, 1.82) is 0 Å². The van der Waals surface area contributed by atoms with Crippen LogP contribution in [0.1, 0.15) is 69.2 Å². The minimum absolute atomic E-state index is 0.135. The van der Waals surface area contributed by atoms with Crippen molar-refractivity contribution in [3.8, 4) is 5.75 Å². The van der Waals surface area contributed by atoms with Crippen LogP contribution >= 0.6 is 0 Å². The van der Waals surface area contributed by atoms with E-state index in [0.717, 1.165) is 50.3 Å². The summed E-state index contributed by atoms with van der Waals surface area (Å²) in [7, 11) is 0. The molecule has 5 rings (SSSR count). The summed E-state index contributed by atoms with van der Waals surface area (Å²) in [5.74, 6) is 3.01. The van der Waals surface area contributed by atoms with Crippen molar-refractivity contribution in [2.24, 2.45) is 17.8 Å². The molecule has 164 valence electrons. The van der Waals surface area contributed by atoms with E-state index in [1.807, 2.05) is 29.2 Å². The van der Waals surface area contributed by atoms with Crippen molar-refractivity contribution in [3.05, 3.63) is 29.8 Å². The number of rotatable bonds is 5. The molecule has 1 aromatic rings. The number of amides is 2. The van der Waals surface area contributed by atoms with Crippen LogP contribution in [-0.2, 0) is 4.79 Å². The molecule has 5 nitrogen and oxygen atoms in total. The number of hydrogen-bond donors (Lipinski definition) is 0. The number of nitrogens with zero attached hydrogens (tertiary/aromatic N) is 2. The van der Waals surface area contributed by atoms with Gasteiger partial charge in [0.25, 0.3) is 5.91 Å². The molecule has 2 amide bonds. The molecule has 0 radical (unpaired) electrons. The summed E-state index contributed by atoms with van der Waals surface area (Å²) >= 11 is 0. The standard InChI is InChI=1S/C25H36N2O3/c1-18(2)15-24(28)26-13-11-23(12-14-26)30-22-9-7-21(8-10-22)25(29)27-16-19-3-4-20(17-27)6-5-19/h7-10,18-20,23H,3-6,11-17H2,1-2H3. The number of carbonyl (C=O) groups is 2. The Morgan fingerprint density at radius 1 is 0.900 bits per heavy atom. The molecule has 1 aromatic carbocycles. The predicted molar refractivity (Wildman–Crippen MR) is 117 cm³/mol. The lowest BCUT2D eigenvalue weighted by Gasteiger charge is -2.32. The van der Waals surface area contributed by atoms with Crippen molar-refractivity contribution in [2.75, 3.05) is 26.2 Å². The third kappa shape index (κ3) is 5.16. The lowest BCUT2D eigenvalue weighted by molar-refractivity contribution is -0.133. The Labute approximate surface area is 180 Å². The second-order valence-corrected chi connectivity index (χ2v) is 9.92. The van der Waals surface area contributed by atoms with Crippen molar-refractivity contribution < 1.29 is 14.3 Å². The third-order valence-electron chi connectivity index (χ3n) is 6.99. The zero-order valence-electron chi connectivity index (χ0n) is 18.5. The maximum absolute atomic E-state index is 13.0. The highest BCUT2D eigenvalue weighted by molar-refractivity contribution is 5.94. The monoisotopic (exact) mass is 412 g/mol. The smallest absolute Gasteiger partial charge is 0.253 e. The van der Waals surface area contributed by atoms with Crippen molar-refractivity contribution in [2.45, 2.75) is 64.9 Å². The zero-order valence-corrected chi connectivity index (χ0v) is 18.5. The van der Waals surface area contributed by atoms with Crippen LogP contribution in [-0.4, -0.2) is 53.9 Å². The van der Waals surface area contributed by atoms with Gasteiger partial charge in [-0.05, 0) is 67.7 Å². The number of hydrogen-bond acceptors (Lipinski definition) is 3. The van der Waals surface area contributed by atoms with Crippen LogP contribution in [0.3, 0.4) is 0 Å². The summed E-state index contributed by atoms with van der Waals surface area (Å²) in [6.07, 6.45) is 7.61. The number of benzene rings is 1. The van der Waals surface area contributed by atoms with E-state index in [1.54, 1.807) is 0 Å². The second kappa shape index (κ2) is 9.40. The lowest BCUT2D eigenvalue weighted by Crippen LogP contribution is -2.42. The molecule has 30 heavy (non-hydrogen) atoms. The highest BCUT2D eigenvalue weighted by Gasteiger charge is 2.32. The highest BCUT2D eigenvalue weighted by Crippen LogP contribution is 2.34. The molecule has 3 saturated heterocycles. The normalized spacial score (nSPS) is 24.8. The summed E-state index contributed by atoms with van der Waals surface area (Å²) in [4.78, 5) is 29.3. The van der Waals surface area contributed by atoms with Gasteiger partial charge in [0, 0.05) is 51.0 Å². The number of ether oxygens (including phenoxy) is 1. The third-order valence-corrected chi connectivity index (χ3v) is 6.99. The van der Waals surface area contributed by atoms with E-state index in [1.165, 1.54) is 25.7 Å². The van der Waals surface area contributed by atoms with Crippen LogP contribution in [0.2, 0.25) is 0 Å². The van der Waals surface area contributed by atoms with Gasteiger partial charge in [-0.25, -0.2) is 0 Å². The average molecular weight is 413 g/mol. The van der Waals surface area contributed by atoms with Gasteiger partial charge in [0.05, 0.1) is 0 Å². The Hall–Kier alpha value is -2.04. The highest BCUT2D eigenvalue weighted by atomic mass is 16.5. The zero-order chi connectivity index (χ0) is 21.1. The Morgan fingerprint density at radius 3 is 2.00 bits per heavy atom. The van der Waals surface area contributed by atoms with Gasteiger partial charge in [0.15, 0.2) is 0 Å². The molecule has 0 atom stereocenters. The molecule has 4 fully saturated rings. The van der Waals surface area contributed by atoms with E-state index >= 15 is 0 Å². The van der Waals surface area contributed by atoms with Gasteiger partial charge in [-0.15, -0.1) is 0 Å². The maximum atomic E-state index is 13.0. The Bertz CT molecular complexity index is 715. The summed E-state index contributed by atoms with van der Waals surface area (Å²) in [6, 6.07) is 7.67. The Balaban J connectivity index is 1.28. The summed E-state index contributed by atoms with van der Waals surface area (Å²) in [5, 5.41) is 0. The molecule has 4 aliphatic rings. The molecular weight excluding hydrogens is 376 g/mol. The topological polar surface area (TPSA) is 49.9 Å². The maximum Gasteiger partial charge on any atom is 0.253 e. The molecule has 0 spiro atoms. The minimum atomic E-state index is 0.135. The molecule has 1 saturated carbocycles. The van der Waals surface area contributed by atoms with Crippen LogP contribution in [0.15, 0.2) is 24.3 Å². The second-order valence-electron chi connectivity index (χ2n) is 9.92. The van der Waals surface area contributed by atoms with Gasteiger partial charge in [-0.1, -0.05) is 13.8 Å². The molecule has 2 bridgehead atoms. The molecule has 5 heteroatoms. The van der Waals surface area contributed by atoms with Gasteiger partial charge >= 0.3 is 0 Å². The van der Waals surface area contributed by atoms with E-state index in [9.17, 15) is 9.59 Å². The predicted octanol–water partition coefficient (Wildman–Crippen LogP) is 4.36. The van der Waals surface area contributed by atoms with Crippen LogP contribution < -0.4 is 4.74 Å². The molecule has 0 aromatic heterocycles. The molecular formula is C25H36N2O3. The molecule has 3 heterocycles. The van der Waals surface area contributed by atoms with Gasteiger partial charge in [-0.3, -0.25) is 9.59 Å². The summed E-state index contributed by atoms with van der Waals surface area (Å²) in [6.45, 7) is 7.54. The fourth-order valence-electron chi connectivity index (χ4n) is 5.21. The number of carbonyl (C=O) groups excluding carboxylic acids is 2. The molecule has 3 aliphatic heterocycles. The van der Waals surface area contributed by atoms with Gasteiger partial charge in [-0.2, -0.15) is 0 Å². The molecule has 1 aliphatic carbocycles. The average Bonchev–Trinajstić information content (AvgIpc) is 3.08. The van der Waals surface area contributed by atoms with E-state index in [2.05, 4.69) is 18.7 Å². The first-order chi connectivity index (χ1) is 14.5. The lowest BCUT2D eigenvalue weighted by atomic mass is 9.84. The van der Waals surface area contributed by atoms with Crippen LogP contribution in [0, 0.1) is 17.8 Å². The van der Waals surface area contributed by atoms with E-state index in [4.69, 9.17) is 4.74 Å². The van der Waals surface area contributed by atoms with E-state index in [0.29, 0.717) is 24.2 Å². The first-order valence-corrected chi connectivity index (χ1v) is 11.8. The first kappa shape index (κ1) is 21.2. The van der Waals surface area contributed by atoms with E-state index < -0.39 is 0 Å².